The number of pyridine rings is 1. The minimum atomic E-state index is -1.09. The van der Waals surface area contributed by atoms with E-state index in [2.05, 4.69) is 27.4 Å². The summed E-state index contributed by atoms with van der Waals surface area (Å²) >= 11 is 5.88. The van der Waals surface area contributed by atoms with Crippen molar-refractivity contribution in [2.75, 3.05) is 18.4 Å². The molecule has 1 saturated heterocycles. The van der Waals surface area contributed by atoms with Gasteiger partial charge < -0.3 is 10.2 Å². The Balaban J connectivity index is 1.62. The molecule has 2 aromatic heterocycles. The van der Waals surface area contributed by atoms with E-state index >= 15 is 0 Å². The molecule has 4 rings (SSSR count). The number of carbonyl (C=O) groups excluding carboxylic acids is 1. The van der Waals surface area contributed by atoms with Gasteiger partial charge in [0.05, 0.1) is 29.0 Å². The second kappa shape index (κ2) is 8.97. The molecule has 10 heteroatoms. The maximum atomic E-state index is 14.1. The van der Waals surface area contributed by atoms with Crippen LogP contribution in [0.25, 0.3) is 5.69 Å². The number of benzene rings is 1. The largest absolute Gasteiger partial charge is 0.368 e. The SMILES string of the molecule is CC1CCCN(C(=O)c2cc(F)c(F)cc2-n2nccn2)C1CNc1ccc(Cl)cn1. The third kappa shape index (κ3) is 4.51. The zero-order valence-corrected chi connectivity index (χ0v) is 17.6. The first-order valence-corrected chi connectivity index (χ1v) is 10.3. The van der Waals surface area contributed by atoms with Gasteiger partial charge in [-0.05, 0) is 37.0 Å². The third-order valence-corrected chi connectivity index (χ3v) is 5.72. The van der Waals surface area contributed by atoms with Crippen LogP contribution in [0.2, 0.25) is 5.02 Å². The highest BCUT2D eigenvalue weighted by atomic mass is 35.5. The van der Waals surface area contributed by atoms with E-state index in [1.165, 1.54) is 12.4 Å². The molecule has 0 saturated carbocycles. The summed E-state index contributed by atoms with van der Waals surface area (Å²) in [5.74, 6) is -1.71. The lowest BCUT2D eigenvalue weighted by Gasteiger charge is -2.40. The summed E-state index contributed by atoms with van der Waals surface area (Å²) in [4.78, 5) is 20.5. The van der Waals surface area contributed by atoms with Crippen LogP contribution in [0.4, 0.5) is 14.6 Å². The normalized spacial score (nSPS) is 18.8. The number of hydrogen-bond acceptors (Lipinski definition) is 5. The zero-order valence-electron chi connectivity index (χ0n) is 16.8. The Labute approximate surface area is 183 Å². The monoisotopic (exact) mass is 446 g/mol. The molecule has 1 amide bonds. The standard InChI is InChI=1S/C21H21ClF2N6O/c1-13-3-2-8-29(19(13)12-26-20-5-4-14(22)11-25-20)21(31)15-9-16(23)17(24)10-18(15)30-27-6-7-28-30/h4-7,9-11,13,19H,2-3,8,12H2,1H3,(H,25,26). The molecule has 3 heterocycles. The Hall–Kier alpha value is -3.07. The number of piperidine rings is 1. The van der Waals surface area contributed by atoms with E-state index in [0.29, 0.717) is 23.9 Å². The number of likely N-dealkylation sites (tertiary alicyclic amines) is 1. The number of aromatic nitrogens is 4. The molecule has 0 spiro atoms. The quantitative estimate of drug-likeness (QED) is 0.642. The van der Waals surface area contributed by atoms with Crippen molar-refractivity contribution < 1.29 is 13.6 Å². The van der Waals surface area contributed by atoms with Crippen LogP contribution in [-0.2, 0) is 0 Å². The van der Waals surface area contributed by atoms with Crippen LogP contribution < -0.4 is 5.32 Å². The minimum Gasteiger partial charge on any atom is -0.368 e. The van der Waals surface area contributed by atoms with Gasteiger partial charge in [0.2, 0.25) is 0 Å². The molecule has 1 aliphatic rings. The van der Waals surface area contributed by atoms with Crippen molar-refractivity contribution >= 4 is 23.3 Å². The van der Waals surface area contributed by atoms with Crippen LogP contribution in [0.5, 0.6) is 0 Å². The van der Waals surface area contributed by atoms with Gasteiger partial charge in [0.25, 0.3) is 5.91 Å². The molecule has 162 valence electrons. The predicted octanol–water partition coefficient (Wildman–Crippen LogP) is 3.95. The van der Waals surface area contributed by atoms with Crippen molar-refractivity contribution in [3.63, 3.8) is 0 Å². The molecular weight excluding hydrogens is 426 g/mol. The smallest absolute Gasteiger partial charge is 0.256 e. The van der Waals surface area contributed by atoms with Crippen molar-refractivity contribution in [2.24, 2.45) is 5.92 Å². The molecule has 1 aromatic carbocycles. The summed E-state index contributed by atoms with van der Waals surface area (Å²) in [5, 5.41) is 11.7. The van der Waals surface area contributed by atoms with Crippen LogP contribution in [0.15, 0.2) is 42.9 Å². The van der Waals surface area contributed by atoms with Crippen molar-refractivity contribution in [1.29, 1.82) is 0 Å². The van der Waals surface area contributed by atoms with Crippen molar-refractivity contribution in [3.8, 4) is 5.69 Å². The molecule has 3 aromatic rings. The van der Waals surface area contributed by atoms with E-state index in [1.807, 2.05) is 0 Å². The van der Waals surface area contributed by atoms with Crippen molar-refractivity contribution in [2.45, 2.75) is 25.8 Å². The van der Waals surface area contributed by atoms with Gasteiger partial charge in [0.1, 0.15) is 11.5 Å². The van der Waals surface area contributed by atoms with Crippen LogP contribution in [-0.4, -0.2) is 49.9 Å². The van der Waals surface area contributed by atoms with E-state index in [4.69, 9.17) is 11.6 Å². The molecule has 0 aliphatic carbocycles. The molecule has 1 aliphatic heterocycles. The van der Waals surface area contributed by atoms with Crippen LogP contribution in [0.1, 0.15) is 30.1 Å². The highest BCUT2D eigenvalue weighted by Crippen LogP contribution is 2.28. The first-order chi connectivity index (χ1) is 14.9. The number of nitrogens with zero attached hydrogens (tertiary/aromatic N) is 5. The summed E-state index contributed by atoms with van der Waals surface area (Å²) < 4.78 is 28.0. The fraction of sp³-hybridized carbons (Fsp3) is 0.333. The number of rotatable bonds is 5. The first kappa shape index (κ1) is 21.2. The Morgan fingerprint density at radius 3 is 2.68 bits per heavy atom. The molecule has 7 nitrogen and oxygen atoms in total. The van der Waals surface area contributed by atoms with E-state index in [9.17, 15) is 13.6 Å². The van der Waals surface area contributed by atoms with Gasteiger partial charge in [-0.15, -0.1) is 0 Å². The maximum absolute atomic E-state index is 14.1. The lowest BCUT2D eigenvalue weighted by Crippen LogP contribution is -2.51. The minimum absolute atomic E-state index is 0.0128. The summed E-state index contributed by atoms with van der Waals surface area (Å²) in [6.07, 6.45) is 6.13. The lowest BCUT2D eigenvalue weighted by atomic mass is 9.90. The molecule has 0 bridgehead atoms. The Kier molecular flexibility index (Phi) is 6.13. The summed E-state index contributed by atoms with van der Waals surface area (Å²) in [6.45, 7) is 3.04. The molecule has 1 fully saturated rings. The van der Waals surface area contributed by atoms with Crippen molar-refractivity contribution in [3.05, 3.63) is 65.1 Å². The average Bonchev–Trinajstić information content (AvgIpc) is 3.30. The topological polar surface area (TPSA) is 75.9 Å². The van der Waals surface area contributed by atoms with Crippen molar-refractivity contribution in [1.82, 2.24) is 24.9 Å². The van der Waals surface area contributed by atoms with E-state index in [0.717, 1.165) is 29.8 Å². The fourth-order valence-electron chi connectivity index (χ4n) is 3.87. The van der Waals surface area contributed by atoms with E-state index < -0.39 is 17.5 Å². The number of halogens is 3. The van der Waals surface area contributed by atoms with Crippen LogP contribution in [0.3, 0.4) is 0 Å². The number of carbonyl (C=O) groups is 1. The third-order valence-electron chi connectivity index (χ3n) is 5.50. The molecule has 31 heavy (non-hydrogen) atoms. The Morgan fingerprint density at radius 1 is 1.23 bits per heavy atom. The van der Waals surface area contributed by atoms with Crippen LogP contribution >= 0.6 is 11.6 Å². The Bertz CT molecular complexity index is 1060. The van der Waals surface area contributed by atoms with Gasteiger partial charge in [-0.1, -0.05) is 18.5 Å². The number of hydrogen-bond donors (Lipinski definition) is 1. The number of anilines is 1. The second-order valence-electron chi connectivity index (χ2n) is 7.53. The summed E-state index contributed by atoms with van der Waals surface area (Å²) in [6, 6.07) is 5.19. The van der Waals surface area contributed by atoms with E-state index in [-0.39, 0.29) is 23.2 Å². The second-order valence-corrected chi connectivity index (χ2v) is 7.97. The first-order valence-electron chi connectivity index (χ1n) is 9.96. The summed E-state index contributed by atoms with van der Waals surface area (Å²) in [7, 11) is 0. The number of nitrogens with one attached hydrogen (secondary N) is 1. The van der Waals surface area contributed by atoms with Gasteiger partial charge in [-0.3, -0.25) is 4.79 Å². The average molecular weight is 447 g/mol. The van der Waals surface area contributed by atoms with Gasteiger partial charge >= 0.3 is 0 Å². The highest BCUT2D eigenvalue weighted by Gasteiger charge is 2.34. The number of amides is 1. The van der Waals surface area contributed by atoms with Gasteiger partial charge in [0.15, 0.2) is 11.6 Å². The lowest BCUT2D eigenvalue weighted by molar-refractivity contribution is 0.0539. The van der Waals surface area contributed by atoms with Gasteiger partial charge in [-0.2, -0.15) is 15.0 Å². The zero-order chi connectivity index (χ0) is 22.0. The molecule has 2 unspecified atom stereocenters. The predicted molar refractivity (Wildman–Crippen MR) is 112 cm³/mol. The maximum Gasteiger partial charge on any atom is 0.256 e. The molecular formula is C21H21ClF2N6O. The molecule has 1 N–H and O–H groups in total. The van der Waals surface area contributed by atoms with Crippen LogP contribution in [0, 0.1) is 17.6 Å². The fourth-order valence-corrected chi connectivity index (χ4v) is 3.98. The van der Waals surface area contributed by atoms with Gasteiger partial charge in [0, 0.05) is 25.4 Å². The molecule has 2 atom stereocenters. The van der Waals surface area contributed by atoms with Gasteiger partial charge in [-0.25, -0.2) is 13.8 Å². The molecule has 0 radical (unpaired) electrons. The van der Waals surface area contributed by atoms with E-state index in [1.54, 1.807) is 23.2 Å². The summed E-state index contributed by atoms with van der Waals surface area (Å²) in [5.41, 5.74) is 0.108. The highest BCUT2D eigenvalue weighted by molar-refractivity contribution is 6.30. The Morgan fingerprint density at radius 2 is 1.97 bits per heavy atom.